The lowest BCUT2D eigenvalue weighted by molar-refractivity contribution is 0.352. The smallest absolute Gasteiger partial charge is 0.0428 e. The Balaban J connectivity index is 1.66. The van der Waals surface area contributed by atoms with Crippen molar-refractivity contribution < 1.29 is 0 Å². The van der Waals surface area contributed by atoms with Crippen LogP contribution in [0.1, 0.15) is 18.4 Å². The number of piperazine rings is 1. The summed E-state index contributed by atoms with van der Waals surface area (Å²) in [7, 11) is 0. The molecule has 0 saturated carbocycles. The summed E-state index contributed by atoms with van der Waals surface area (Å²) in [4.78, 5) is 5.04. The Bertz CT molecular complexity index is 494. The predicted octanol–water partition coefficient (Wildman–Crippen LogP) is 2.67. The van der Waals surface area contributed by atoms with Crippen LogP contribution in [0.5, 0.6) is 0 Å². The molecule has 0 aliphatic carbocycles. The molecule has 4 nitrogen and oxygen atoms in total. The van der Waals surface area contributed by atoms with Gasteiger partial charge in [-0.3, -0.25) is 0 Å². The molecular weight excluding hydrogens is 340 g/mol. The van der Waals surface area contributed by atoms with Crippen LogP contribution in [0.15, 0.2) is 16.6 Å². The molecule has 3 rings (SSSR count). The minimum absolute atomic E-state index is 1.03. The van der Waals surface area contributed by atoms with E-state index in [1.165, 1.54) is 42.9 Å². The topological polar surface area (TPSA) is 30.5 Å². The molecule has 0 unspecified atom stereocenters. The molecule has 2 N–H and O–H groups in total. The molecule has 0 spiro atoms. The first kappa shape index (κ1) is 16.1. The second kappa shape index (κ2) is 7.66. The summed E-state index contributed by atoms with van der Waals surface area (Å²) in [6, 6.07) is 4.47. The molecule has 0 bridgehead atoms. The van der Waals surface area contributed by atoms with E-state index in [0.29, 0.717) is 0 Å². The Hall–Kier alpha value is -0.780. The van der Waals surface area contributed by atoms with E-state index in [1.807, 2.05) is 0 Å². The maximum absolute atomic E-state index is 3.68. The average molecular weight is 367 g/mol. The van der Waals surface area contributed by atoms with Crippen molar-refractivity contribution >= 4 is 27.3 Å². The van der Waals surface area contributed by atoms with Crippen LogP contribution in [0.3, 0.4) is 0 Å². The molecule has 2 aliphatic rings. The summed E-state index contributed by atoms with van der Waals surface area (Å²) in [6.07, 6.45) is 2.73. The zero-order chi connectivity index (χ0) is 15.4. The molecule has 2 saturated heterocycles. The fourth-order valence-electron chi connectivity index (χ4n) is 3.44. The summed E-state index contributed by atoms with van der Waals surface area (Å²) in [5, 5.41) is 7.07. The van der Waals surface area contributed by atoms with Crippen LogP contribution in [0, 0.1) is 6.92 Å². The number of rotatable bonds is 5. The fraction of sp³-hybridized carbons (Fsp3) is 0.647. The van der Waals surface area contributed by atoms with Crippen LogP contribution in [0.4, 0.5) is 11.4 Å². The van der Waals surface area contributed by atoms with Crippen LogP contribution >= 0.6 is 15.9 Å². The van der Waals surface area contributed by atoms with Crippen molar-refractivity contribution in [2.45, 2.75) is 19.8 Å². The highest BCUT2D eigenvalue weighted by Gasteiger charge is 2.16. The lowest BCUT2D eigenvalue weighted by Crippen LogP contribution is -2.43. The number of nitrogens with zero attached hydrogens (tertiary/aromatic N) is 2. The lowest BCUT2D eigenvalue weighted by Gasteiger charge is -2.31. The van der Waals surface area contributed by atoms with Gasteiger partial charge in [0.15, 0.2) is 0 Å². The van der Waals surface area contributed by atoms with Crippen molar-refractivity contribution in [1.82, 2.24) is 10.2 Å². The lowest BCUT2D eigenvalue weighted by atomic mass is 10.1. The van der Waals surface area contributed by atoms with Crippen molar-refractivity contribution in [2.75, 3.05) is 62.6 Å². The molecule has 2 fully saturated rings. The molecular formula is C17H27BrN4. The van der Waals surface area contributed by atoms with Crippen LogP contribution in [0.25, 0.3) is 0 Å². The van der Waals surface area contributed by atoms with Gasteiger partial charge >= 0.3 is 0 Å². The van der Waals surface area contributed by atoms with E-state index in [0.717, 1.165) is 43.7 Å². The van der Waals surface area contributed by atoms with Crippen LogP contribution < -0.4 is 15.5 Å². The van der Waals surface area contributed by atoms with Gasteiger partial charge in [0.05, 0.1) is 0 Å². The Morgan fingerprint density at radius 2 is 1.86 bits per heavy atom. The predicted molar refractivity (Wildman–Crippen MR) is 98.1 cm³/mol. The summed E-state index contributed by atoms with van der Waals surface area (Å²) in [5.41, 5.74) is 3.99. The van der Waals surface area contributed by atoms with Gasteiger partial charge in [-0.25, -0.2) is 0 Å². The SMILES string of the molecule is Cc1c(NCCN2CCCC2)cc(Br)cc1N1CCNCC1. The molecule has 1 aromatic carbocycles. The molecule has 0 radical (unpaired) electrons. The van der Waals surface area contributed by atoms with Gasteiger partial charge in [0.1, 0.15) is 0 Å². The van der Waals surface area contributed by atoms with E-state index in [2.05, 4.69) is 55.4 Å². The number of halogens is 1. The maximum atomic E-state index is 3.68. The Kier molecular flexibility index (Phi) is 5.61. The quantitative estimate of drug-likeness (QED) is 0.838. The third kappa shape index (κ3) is 3.94. The highest BCUT2D eigenvalue weighted by molar-refractivity contribution is 9.10. The molecule has 2 aliphatic heterocycles. The van der Waals surface area contributed by atoms with E-state index >= 15 is 0 Å². The number of anilines is 2. The van der Waals surface area contributed by atoms with Gasteiger partial charge in [-0.05, 0) is 50.6 Å². The second-order valence-electron chi connectivity index (χ2n) is 6.31. The second-order valence-corrected chi connectivity index (χ2v) is 7.23. The standard InChI is InChI=1S/C17H27BrN4/c1-14-16(20-6-9-21-7-2-3-8-21)12-15(18)13-17(14)22-10-4-19-5-11-22/h12-13,19-20H,2-11H2,1H3. The third-order valence-electron chi connectivity index (χ3n) is 4.74. The normalized spacial score (nSPS) is 19.6. The van der Waals surface area contributed by atoms with Gasteiger partial charge < -0.3 is 20.4 Å². The van der Waals surface area contributed by atoms with E-state index < -0.39 is 0 Å². The van der Waals surface area contributed by atoms with E-state index in [4.69, 9.17) is 0 Å². The average Bonchev–Trinajstić information content (AvgIpc) is 3.04. The molecule has 22 heavy (non-hydrogen) atoms. The molecule has 0 atom stereocenters. The molecule has 5 heteroatoms. The van der Waals surface area contributed by atoms with E-state index in [-0.39, 0.29) is 0 Å². The summed E-state index contributed by atoms with van der Waals surface area (Å²) < 4.78 is 1.16. The minimum Gasteiger partial charge on any atom is -0.383 e. The van der Waals surface area contributed by atoms with Gasteiger partial charge in [-0.15, -0.1) is 0 Å². The first-order valence-electron chi connectivity index (χ1n) is 8.46. The number of nitrogens with one attached hydrogen (secondary N) is 2. The van der Waals surface area contributed by atoms with E-state index in [1.54, 1.807) is 0 Å². The summed E-state index contributed by atoms with van der Waals surface area (Å²) in [5.74, 6) is 0. The molecule has 0 amide bonds. The third-order valence-corrected chi connectivity index (χ3v) is 5.20. The summed E-state index contributed by atoms with van der Waals surface area (Å²) in [6.45, 7) is 11.3. The monoisotopic (exact) mass is 366 g/mol. The van der Waals surface area contributed by atoms with Crippen molar-refractivity contribution in [3.8, 4) is 0 Å². The minimum atomic E-state index is 1.03. The van der Waals surface area contributed by atoms with Crippen molar-refractivity contribution in [3.63, 3.8) is 0 Å². The Morgan fingerprint density at radius 3 is 2.59 bits per heavy atom. The molecule has 2 heterocycles. The number of hydrogen-bond donors (Lipinski definition) is 2. The Labute approximate surface area is 142 Å². The first-order chi connectivity index (χ1) is 10.7. The van der Waals surface area contributed by atoms with Gasteiger partial charge in [0.25, 0.3) is 0 Å². The first-order valence-corrected chi connectivity index (χ1v) is 9.25. The zero-order valence-electron chi connectivity index (χ0n) is 13.5. The maximum Gasteiger partial charge on any atom is 0.0428 e. The van der Waals surface area contributed by atoms with Crippen molar-refractivity contribution in [3.05, 3.63) is 22.2 Å². The number of likely N-dealkylation sites (tertiary alicyclic amines) is 1. The van der Waals surface area contributed by atoms with E-state index in [9.17, 15) is 0 Å². The zero-order valence-corrected chi connectivity index (χ0v) is 15.1. The highest BCUT2D eigenvalue weighted by Crippen LogP contribution is 2.31. The fourth-order valence-corrected chi connectivity index (χ4v) is 3.88. The Morgan fingerprint density at radius 1 is 1.14 bits per heavy atom. The molecule has 0 aromatic heterocycles. The van der Waals surface area contributed by atoms with Gasteiger partial charge in [0.2, 0.25) is 0 Å². The van der Waals surface area contributed by atoms with Gasteiger partial charge in [-0.2, -0.15) is 0 Å². The van der Waals surface area contributed by atoms with Crippen LogP contribution in [-0.4, -0.2) is 57.3 Å². The van der Waals surface area contributed by atoms with Crippen LogP contribution in [-0.2, 0) is 0 Å². The van der Waals surface area contributed by atoms with Crippen molar-refractivity contribution in [1.29, 1.82) is 0 Å². The molecule has 1 aromatic rings. The van der Waals surface area contributed by atoms with Gasteiger partial charge in [-0.1, -0.05) is 15.9 Å². The van der Waals surface area contributed by atoms with Crippen molar-refractivity contribution in [2.24, 2.45) is 0 Å². The number of benzene rings is 1. The summed E-state index contributed by atoms with van der Waals surface area (Å²) >= 11 is 3.68. The number of hydrogen-bond acceptors (Lipinski definition) is 4. The molecule has 122 valence electrons. The van der Waals surface area contributed by atoms with Gasteiger partial charge in [0, 0.05) is 55.1 Å². The highest BCUT2D eigenvalue weighted by atomic mass is 79.9. The van der Waals surface area contributed by atoms with Crippen LogP contribution in [0.2, 0.25) is 0 Å². The largest absolute Gasteiger partial charge is 0.383 e.